The van der Waals surface area contributed by atoms with Crippen LogP contribution in [0.3, 0.4) is 0 Å². The third-order valence-electron chi connectivity index (χ3n) is 4.90. The van der Waals surface area contributed by atoms with Gasteiger partial charge in [-0.2, -0.15) is 10.2 Å². The van der Waals surface area contributed by atoms with Gasteiger partial charge in [0.2, 0.25) is 0 Å². The van der Waals surface area contributed by atoms with Crippen molar-refractivity contribution in [1.29, 1.82) is 0 Å². The molecular formula is C19H22N6O. The normalized spacial score (nSPS) is 17.6. The van der Waals surface area contributed by atoms with Gasteiger partial charge in [0.15, 0.2) is 0 Å². The number of hydrogen-bond acceptors (Lipinski definition) is 5. The first-order valence-corrected chi connectivity index (χ1v) is 9.00. The zero-order valence-corrected chi connectivity index (χ0v) is 14.6. The fraction of sp³-hybridized carbons (Fsp3) is 0.368. The lowest BCUT2D eigenvalue weighted by molar-refractivity contribution is 0.214. The van der Waals surface area contributed by atoms with Crippen LogP contribution in [-0.2, 0) is 13.1 Å². The third kappa shape index (κ3) is 3.72. The molecule has 0 saturated carbocycles. The zero-order chi connectivity index (χ0) is 17.8. The summed E-state index contributed by atoms with van der Waals surface area (Å²) in [6.07, 6.45) is 9.50. The lowest BCUT2D eigenvalue weighted by Crippen LogP contribution is -2.38. The van der Waals surface area contributed by atoms with Crippen LogP contribution in [0.1, 0.15) is 12.8 Å². The molecule has 0 radical (unpaired) electrons. The molecule has 1 aliphatic heterocycles. The quantitative estimate of drug-likeness (QED) is 0.676. The van der Waals surface area contributed by atoms with Crippen molar-refractivity contribution in [2.75, 3.05) is 13.1 Å². The van der Waals surface area contributed by atoms with Crippen molar-refractivity contribution in [1.82, 2.24) is 29.4 Å². The van der Waals surface area contributed by atoms with Crippen molar-refractivity contribution >= 4 is 0 Å². The van der Waals surface area contributed by atoms with Crippen molar-refractivity contribution in [2.24, 2.45) is 0 Å². The average Bonchev–Trinajstić information content (AvgIpc) is 3.34. The fourth-order valence-corrected chi connectivity index (χ4v) is 3.52. The Balaban J connectivity index is 1.48. The van der Waals surface area contributed by atoms with Gasteiger partial charge in [-0.1, -0.05) is 0 Å². The third-order valence-corrected chi connectivity index (χ3v) is 4.90. The molecule has 4 rings (SSSR count). The highest BCUT2D eigenvalue weighted by atomic mass is 16.1. The van der Waals surface area contributed by atoms with Crippen LogP contribution in [0.2, 0.25) is 0 Å². The van der Waals surface area contributed by atoms with E-state index in [0.29, 0.717) is 12.6 Å². The minimum absolute atomic E-state index is 0.0540. The molecule has 7 heteroatoms. The molecule has 4 heterocycles. The molecule has 26 heavy (non-hydrogen) atoms. The molecule has 1 aliphatic rings. The van der Waals surface area contributed by atoms with E-state index in [-0.39, 0.29) is 5.56 Å². The minimum Gasteiger partial charge on any atom is -0.297 e. The Hall–Kier alpha value is -2.80. The Labute approximate surface area is 151 Å². The molecule has 1 unspecified atom stereocenters. The Bertz CT molecular complexity index is 890. The zero-order valence-electron chi connectivity index (χ0n) is 14.6. The number of nitrogens with zero attached hydrogens (tertiary/aromatic N) is 6. The molecule has 0 bridgehead atoms. The average molecular weight is 350 g/mol. The van der Waals surface area contributed by atoms with Crippen molar-refractivity contribution in [2.45, 2.75) is 32.0 Å². The second-order valence-corrected chi connectivity index (χ2v) is 6.58. The largest absolute Gasteiger partial charge is 0.297 e. The maximum Gasteiger partial charge on any atom is 0.266 e. The Morgan fingerprint density at radius 3 is 2.77 bits per heavy atom. The van der Waals surface area contributed by atoms with E-state index in [9.17, 15) is 4.79 Å². The van der Waals surface area contributed by atoms with Gasteiger partial charge < -0.3 is 0 Å². The van der Waals surface area contributed by atoms with Gasteiger partial charge in [-0.05, 0) is 43.7 Å². The summed E-state index contributed by atoms with van der Waals surface area (Å²) in [4.78, 5) is 18.8. The first kappa shape index (κ1) is 16.7. The van der Waals surface area contributed by atoms with E-state index in [1.807, 2.05) is 29.1 Å². The van der Waals surface area contributed by atoms with Crippen LogP contribution in [0.5, 0.6) is 0 Å². The lowest BCUT2D eigenvalue weighted by atomic mass is 10.2. The molecule has 3 aromatic heterocycles. The van der Waals surface area contributed by atoms with Crippen molar-refractivity contribution in [3.05, 3.63) is 65.5 Å². The van der Waals surface area contributed by atoms with Crippen molar-refractivity contribution in [3.63, 3.8) is 0 Å². The predicted molar refractivity (Wildman–Crippen MR) is 98.6 cm³/mol. The second-order valence-electron chi connectivity index (χ2n) is 6.58. The van der Waals surface area contributed by atoms with Crippen LogP contribution < -0.4 is 5.56 Å². The van der Waals surface area contributed by atoms with E-state index >= 15 is 0 Å². The highest BCUT2D eigenvalue weighted by Crippen LogP contribution is 2.19. The first-order valence-electron chi connectivity index (χ1n) is 9.00. The van der Waals surface area contributed by atoms with Gasteiger partial charge in [-0.3, -0.25) is 19.4 Å². The van der Waals surface area contributed by atoms with E-state index in [1.54, 1.807) is 35.4 Å². The molecule has 1 saturated heterocycles. The molecule has 134 valence electrons. The smallest absolute Gasteiger partial charge is 0.266 e. The number of hydrogen-bond donors (Lipinski definition) is 0. The van der Waals surface area contributed by atoms with Gasteiger partial charge in [-0.25, -0.2) is 4.68 Å². The van der Waals surface area contributed by atoms with Crippen LogP contribution in [0.25, 0.3) is 11.3 Å². The molecule has 3 aromatic rings. The maximum atomic E-state index is 12.3. The van der Waals surface area contributed by atoms with Gasteiger partial charge in [0, 0.05) is 49.0 Å². The van der Waals surface area contributed by atoms with Gasteiger partial charge in [-0.15, -0.1) is 0 Å². The molecule has 0 aromatic carbocycles. The van der Waals surface area contributed by atoms with E-state index in [4.69, 9.17) is 0 Å². The summed E-state index contributed by atoms with van der Waals surface area (Å²) >= 11 is 0. The van der Waals surface area contributed by atoms with Crippen LogP contribution in [-0.4, -0.2) is 48.6 Å². The van der Waals surface area contributed by atoms with Gasteiger partial charge in [0.1, 0.15) is 0 Å². The molecule has 1 atom stereocenters. The Morgan fingerprint density at radius 1 is 1.08 bits per heavy atom. The first-order chi connectivity index (χ1) is 12.8. The number of rotatable bonds is 6. The van der Waals surface area contributed by atoms with Crippen LogP contribution >= 0.6 is 0 Å². The molecule has 0 spiro atoms. The van der Waals surface area contributed by atoms with E-state index in [0.717, 1.165) is 43.7 Å². The van der Waals surface area contributed by atoms with Gasteiger partial charge >= 0.3 is 0 Å². The van der Waals surface area contributed by atoms with E-state index < -0.39 is 0 Å². The molecule has 0 N–H and O–H groups in total. The van der Waals surface area contributed by atoms with Crippen molar-refractivity contribution in [3.8, 4) is 11.3 Å². The molecule has 1 fully saturated rings. The number of pyridine rings is 1. The Kier molecular flexibility index (Phi) is 4.88. The summed E-state index contributed by atoms with van der Waals surface area (Å²) < 4.78 is 3.55. The van der Waals surface area contributed by atoms with E-state index in [1.165, 1.54) is 0 Å². The highest BCUT2D eigenvalue weighted by Gasteiger charge is 2.25. The topological polar surface area (TPSA) is 68.8 Å². The summed E-state index contributed by atoms with van der Waals surface area (Å²) in [6, 6.07) is 9.47. The van der Waals surface area contributed by atoms with E-state index in [2.05, 4.69) is 20.1 Å². The van der Waals surface area contributed by atoms with Gasteiger partial charge in [0.05, 0.1) is 18.8 Å². The SMILES string of the molecule is O=c1ccc(-c2ccncc2)nn1CC1CCCN1CCn1cccn1. The number of likely N-dealkylation sites (tertiary alicyclic amines) is 1. The van der Waals surface area contributed by atoms with Crippen LogP contribution in [0, 0.1) is 0 Å². The summed E-state index contributed by atoms with van der Waals surface area (Å²) in [5.74, 6) is 0. The van der Waals surface area contributed by atoms with Crippen molar-refractivity contribution < 1.29 is 0 Å². The summed E-state index contributed by atoms with van der Waals surface area (Å²) in [5.41, 5.74) is 1.71. The number of aromatic nitrogens is 5. The van der Waals surface area contributed by atoms with Crippen LogP contribution in [0.15, 0.2) is 59.9 Å². The second kappa shape index (κ2) is 7.61. The maximum absolute atomic E-state index is 12.3. The minimum atomic E-state index is -0.0540. The molecule has 0 aliphatic carbocycles. The molecule has 0 amide bonds. The highest BCUT2D eigenvalue weighted by molar-refractivity contribution is 5.56. The molecular weight excluding hydrogens is 328 g/mol. The molecule has 7 nitrogen and oxygen atoms in total. The Morgan fingerprint density at radius 2 is 1.96 bits per heavy atom. The van der Waals surface area contributed by atoms with Gasteiger partial charge in [0.25, 0.3) is 5.56 Å². The lowest BCUT2D eigenvalue weighted by Gasteiger charge is -2.24. The monoisotopic (exact) mass is 350 g/mol. The van der Waals surface area contributed by atoms with Crippen LogP contribution in [0.4, 0.5) is 0 Å². The summed E-state index contributed by atoms with van der Waals surface area (Å²) in [7, 11) is 0. The fourth-order valence-electron chi connectivity index (χ4n) is 3.52. The summed E-state index contributed by atoms with van der Waals surface area (Å²) in [6.45, 7) is 3.48. The predicted octanol–water partition coefficient (Wildman–Crippen LogP) is 1.67. The summed E-state index contributed by atoms with van der Waals surface area (Å²) in [5, 5.41) is 8.85. The standard InChI is InChI=1S/C19H22N6O/c26-19-5-4-18(16-6-9-20-10-7-16)22-25(19)15-17-3-1-11-23(17)13-14-24-12-2-8-21-24/h2,4-10,12,17H,1,3,11,13-15H2.